The Balaban J connectivity index is 0.000000354. The van der Waals surface area contributed by atoms with Crippen LogP contribution in [-0.4, -0.2) is 9.11 Å². The van der Waals surface area contributed by atoms with Gasteiger partial charge in [-0.1, -0.05) is 36.4 Å². The highest BCUT2D eigenvalue weighted by atomic mass is 32.2. The molecule has 0 aliphatic carbocycles. The van der Waals surface area contributed by atoms with Crippen molar-refractivity contribution in [3.8, 4) is 0 Å². The molecule has 1 aromatic rings. The number of hydrogen-bond acceptors (Lipinski definition) is 3. The number of allylic oxidation sites excluding steroid dienone is 1. The van der Waals surface area contributed by atoms with Gasteiger partial charge in [0.1, 0.15) is 0 Å². The van der Waals surface area contributed by atoms with E-state index in [9.17, 15) is 0 Å². The Morgan fingerprint density at radius 1 is 1.25 bits per heavy atom. The van der Waals surface area contributed by atoms with Gasteiger partial charge in [0.15, 0.2) is 12.3 Å². The lowest BCUT2D eigenvalue weighted by Crippen LogP contribution is -1.75. The highest BCUT2D eigenvalue weighted by Gasteiger charge is 1.82. The van der Waals surface area contributed by atoms with Crippen molar-refractivity contribution in [1.29, 1.82) is 0 Å². The summed E-state index contributed by atoms with van der Waals surface area (Å²) in [5.74, 6) is 0. The second kappa shape index (κ2) is 8.33. The van der Waals surface area contributed by atoms with Gasteiger partial charge in [0.05, 0.1) is 0 Å². The molecule has 0 aliphatic rings. The van der Waals surface area contributed by atoms with Gasteiger partial charge in [-0.25, -0.2) is 0 Å². The molecule has 0 unspecified atom stereocenters. The fourth-order valence-corrected chi connectivity index (χ4v) is 0.781. The third-order valence-corrected chi connectivity index (χ3v) is 1.22. The van der Waals surface area contributed by atoms with Crippen LogP contribution in [0.5, 0.6) is 0 Å². The fourth-order valence-electron chi connectivity index (χ4n) is 0.781. The van der Waals surface area contributed by atoms with Crippen molar-refractivity contribution in [3.05, 3.63) is 48.6 Å². The molecule has 0 heterocycles. The minimum absolute atomic E-state index is 0.250. The van der Waals surface area contributed by atoms with Crippen LogP contribution in [0.25, 0.3) is 0 Å². The maximum atomic E-state index is 7.04. The lowest BCUT2D eigenvalue weighted by Gasteiger charge is -1.91. The van der Waals surface area contributed by atoms with E-state index in [1.54, 1.807) is 0 Å². The molecule has 0 aliphatic heterocycles. The highest BCUT2D eigenvalue weighted by Crippen LogP contribution is 1.98. The van der Waals surface area contributed by atoms with Crippen molar-refractivity contribution < 1.29 is 9.11 Å². The average molecular weight is 184 g/mol. The maximum absolute atomic E-state index is 7.04. The molecule has 2 N–H and O–H groups in total. The quantitative estimate of drug-likeness (QED) is 0.548. The van der Waals surface area contributed by atoms with Gasteiger partial charge in [-0.05, 0) is 12.0 Å². The summed E-state index contributed by atoms with van der Waals surface area (Å²) in [7, 11) is 0. The molecule has 0 aromatic heterocycles. The number of hydrogen-bond donors (Lipinski definition) is 2. The third kappa shape index (κ3) is 5.97. The summed E-state index contributed by atoms with van der Waals surface area (Å²) in [6, 6.07) is 10.3. The predicted octanol–water partition coefficient (Wildman–Crippen LogP) is 3.08. The van der Waals surface area contributed by atoms with Crippen LogP contribution in [-0.2, 0) is 6.42 Å². The zero-order chi connectivity index (χ0) is 9.23. The van der Waals surface area contributed by atoms with Crippen molar-refractivity contribution in [3.63, 3.8) is 0 Å². The van der Waals surface area contributed by atoms with E-state index in [-0.39, 0.29) is 12.3 Å². The van der Waals surface area contributed by atoms with Crippen LogP contribution in [0.4, 0.5) is 0 Å². The van der Waals surface area contributed by atoms with E-state index in [0.29, 0.717) is 0 Å². The lowest BCUT2D eigenvalue weighted by atomic mass is 10.2. The Morgan fingerprint density at radius 3 is 2.17 bits per heavy atom. The summed E-state index contributed by atoms with van der Waals surface area (Å²) in [4.78, 5) is 0. The topological polar surface area (TPSA) is 40.5 Å². The molecule has 0 spiro atoms. The van der Waals surface area contributed by atoms with Crippen LogP contribution in [0.15, 0.2) is 43.0 Å². The van der Waals surface area contributed by atoms with Crippen LogP contribution < -0.4 is 0 Å². The van der Waals surface area contributed by atoms with Gasteiger partial charge in [0.2, 0.25) is 0 Å². The summed E-state index contributed by atoms with van der Waals surface area (Å²) >= 11 is -0.250. The van der Waals surface area contributed by atoms with Crippen molar-refractivity contribution in [2.24, 2.45) is 0 Å². The van der Waals surface area contributed by atoms with E-state index in [2.05, 4.69) is 18.7 Å². The molecule has 66 valence electrons. The van der Waals surface area contributed by atoms with E-state index < -0.39 is 0 Å². The van der Waals surface area contributed by atoms with Gasteiger partial charge in [0.25, 0.3) is 0 Å². The summed E-state index contributed by atoms with van der Waals surface area (Å²) in [6.45, 7) is 3.66. The monoisotopic (exact) mass is 184 g/mol. The molecule has 0 fully saturated rings. The van der Waals surface area contributed by atoms with Gasteiger partial charge in [-0.3, -0.25) is 0 Å². The minimum Gasteiger partial charge on any atom is -0.307 e. The first-order chi connectivity index (χ1) is 5.85. The minimum atomic E-state index is -0.250. The first kappa shape index (κ1) is 11.2. The normalized spacial score (nSPS) is 8.17. The maximum Gasteiger partial charge on any atom is 0.152 e. The fraction of sp³-hybridized carbons (Fsp3) is 0.111. The van der Waals surface area contributed by atoms with E-state index in [1.165, 1.54) is 5.56 Å². The van der Waals surface area contributed by atoms with Crippen molar-refractivity contribution >= 4 is 12.3 Å². The average Bonchev–Trinajstić information content (AvgIpc) is 2.08. The van der Waals surface area contributed by atoms with Crippen LogP contribution >= 0.6 is 12.3 Å². The molecule has 1 rings (SSSR count). The molecule has 0 atom stereocenters. The molecule has 0 bridgehead atoms. The third-order valence-electron chi connectivity index (χ3n) is 1.22. The summed E-state index contributed by atoms with van der Waals surface area (Å²) in [5.41, 5.74) is 1.33. The molecular formula is C9H12O2S. The first-order valence-electron chi connectivity index (χ1n) is 3.45. The van der Waals surface area contributed by atoms with Gasteiger partial charge < -0.3 is 9.11 Å². The molecule has 0 amide bonds. The standard InChI is InChI=1S/C9H10.H2O2S/c1-2-6-9-7-4-3-5-8-9;1-3-2/h2-5,7-8H,1,6H2;1-2H. The molecule has 0 radical (unpaired) electrons. The Morgan fingerprint density at radius 2 is 1.75 bits per heavy atom. The Kier molecular flexibility index (Phi) is 7.79. The van der Waals surface area contributed by atoms with Crippen LogP contribution in [0.1, 0.15) is 5.56 Å². The van der Waals surface area contributed by atoms with E-state index in [0.717, 1.165) is 6.42 Å². The van der Waals surface area contributed by atoms with Gasteiger partial charge in [-0.2, -0.15) is 0 Å². The van der Waals surface area contributed by atoms with E-state index >= 15 is 0 Å². The second-order valence-corrected chi connectivity index (χ2v) is 2.22. The molecular weight excluding hydrogens is 172 g/mol. The molecule has 3 heteroatoms. The Hall–Kier alpha value is -0.770. The van der Waals surface area contributed by atoms with Gasteiger partial charge in [-0.15, -0.1) is 6.58 Å². The molecule has 12 heavy (non-hydrogen) atoms. The smallest absolute Gasteiger partial charge is 0.152 e. The lowest BCUT2D eigenvalue weighted by molar-refractivity contribution is 0.541. The summed E-state index contributed by atoms with van der Waals surface area (Å²) in [5, 5.41) is 0. The van der Waals surface area contributed by atoms with Crippen molar-refractivity contribution in [2.45, 2.75) is 6.42 Å². The SMILES string of the molecule is C=CCc1ccccc1.OSO. The van der Waals surface area contributed by atoms with Gasteiger partial charge >= 0.3 is 0 Å². The molecule has 0 saturated heterocycles. The van der Waals surface area contributed by atoms with E-state index in [1.807, 2.05) is 24.3 Å². The second-order valence-electron chi connectivity index (χ2n) is 2.06. The van der Waals surface area contributed by atoms with E-state index in [4.69, 9.17) is 9.11 Å². The van der Waals surface area contributed by atoms with Crippen LogP contribution in [0, 0.1) is 0 Å². The number of rotatable bonds is 2. The zero-order valence-corrected chi connectivity index (χ0v) is 7.50. The van der Waals surface area contributed by atoms with Crippen LogP contribution in [0.2, 0.25) is 0 Å². The summed E-state index contributed by atoms with van der Waals surface area (Å²) in [6.07, 6.45) is 2.89. The first-order valence-corrected chi connectivity index (χ1v) is 4.18. The van der Waals surface area contributed by atoms with Gasteiger partial charge in [0, 0.05) is 0 Å². The Bertz CT molecular complexity index is 199. The predicted molar refractivity (Wildman–Crippen MR) is 53.2 cm³/mol. The zero-order valence-electron chi connectivity index (χ0n) is 6.68. The summed E-state index contributed by atoms with van der Waals surface area (Å²) < 4.78 is 14.1. The molecule has 0 saturated carbocycles. The largest absolute Gasteiger partial charge is 0.307 e. The van der Waals surface area contributed by atoms with Crippen molar-refractivity contribution in [2.75, 3.05) is 0 Å². The molecule has 2 nitrogen and oxygen atoms in total. The van der Waals surface area contributed by atoms with Crippen LogP contribution in [0.3, 0.4) is 0 Å². The Labute approximate surface area is 77.0 Å². The van der Waals surface area contributed by atoms with Crippen molar-refractivity contribution in [1.82, 2.24) is 0 Å². The number of benzene rings is 1. The molecule has 1 aromatic carbocycles. The highest BCUT2D eigenvalue weighted by molar-refractivity contribution is 7.87.